The van der Waals surface area contributed by atoms with Crippen LogP contribution in [0.3, 0.4) is 0 Å². The van der Waals surface area contributed by atoms with Crippen LogP contribution < -0.4 is 5.32 Å². The van der Waals surface area contributed by atoms with Gasteiger partial charge in [-0.3, -0.25) is 5.32 Å². The molecule has 1 heterocycles. The molecule has 1 aliphatic rings. The summed E-state index contributed by atoms with van der Waals surface area (Å²) in [5, 5.41) is 3.29. The Hall–Kier alpha value is 0.210. The van der Waals surface area contributed by atoms with E-state index in [2.05, 4.69) is 12.2 Å². The summed E-state index contributed by atoms with van der Waals surface area (Å²) in [6.07, 6.45) is 2.03. The molecule has 60 valence electrons. The summed E-state index contributed by atoms with van der Waals surface area (Å²) in [5.41, 5.74) is -0.0884. The lowest BCUT2D eigenvalue weighted by Gasteiger charge is -2.22. The molecule has 0 aromatic heterocycles. The molecule has 1 fully saturated rings. The van der Waals surface area contributed by atoms with Crippen LogP contribution in [0.2, 0.25) is 0 Å². The molecule has 0 aliphatic carbocycles. The third-order valence-electron chi connectivity index (χ3n) is 1.81. The van der Waals surface area contributed by atoms with Gasteiger partial charge in [-0.1, -0.05) is 0 Å². The molecule has 1 atom stereocenters. The highest BCUT2D eigenvalue weighted by Gasteiger charge is 2.27. The van der Waals surface area contributed by atoms with Crippen molar-refractivity contribution in [1.29, 1.82) is 0 Å². The van der Waals surface area contributed by atoms with Gasteiger partial charge in [0.1, 0.15) is 5.72 Å². The summed E-state index contributed by atoms with van der Waals surface area (Å²) in [6.45, 7) is 3.88. The van der Waals surface area contributed by atoms with Gasteiger partial charge in [0.15, 0.2) is 0 Å². The highest BCUT2D eigenvalue weighted by atomic mass is 35.5. The Morgan fingerprint density at radius 3 is 3.00 bits per heavy atom. The molecule has 2 nitrogen and oxygen atoms in total. The zero-order chi connectivity index (χ0) is 7.45. The van der Waals surface area contributed by atoms with Crippen molar-refractivity contribution < 1.29 is 4.74 Å². The van der Waals surface area contributed by atoms with Gasteiger partial charge in [-0.15, -0.1) is 11.6 Å². The Balaban J connectivity index is 2.22. The fourth-order valence-corrected chi connectivity index (χ4v) is 1.34. The van der Waals surface area contributed by atoms with Crippen molar-refractivity contribution in [2.75, 3.05) is 19.0 Å². The predicted molar refractivity (Wildman–Crippen MR) is 42.3 cm³/mol. The van der Waals surface area contributed by atoms with Crippen LogP contribution >= 0.6 is 11.6 Å². The molecule has 1 unspecified atom stereocenters. The predicted octanol–water partition coefficient (Wildman–Crippen LogP) is 1.34. The first-order valence-corrected chi connectivity index (χ1v) is 4.25. The van der Waals surface area contributed by atoms with Crippen LogP contribution in [0.4, 0.5) is 0 Å². The molecule has 0 bridgehead atoms. The Labute approximate surface area is 66.9 Å². The van der Waals surface area contributed by atoms with Gasteiger partial charge in [0.05, 0.1) is 6.61 Å². The quantitative estimate of drug-likeness (QED) is 0.635. The van der Waals surface area contributed by atoms with Gasteiger partial charge in [-0.2, -0.15) is 0 Å². The summed E-state index contributed by atoms with van der Waals surface area (Å²) >= 11 is 5.56. The Bertz CT molecular complexity index is 102. The fourth-order valence-electron chi connectivity index (χ4n) is 1.21. The van der Waals surface area contributed by atoms with Crippen molar-refractivity contribution >= 4 is 11.6 Å². The van der Waals surface area contributed by atoms with E-state index in [1.165, 1.54) is 0 Å². The van der Waals surface area contributed by atoms with Gasteiger partial charge in [0.2, 0.25) is 0 Å². The number of hydrogen-bond acceptors (Lipinski definition) is 2. The number of alkyl halides is 1. The second-order valence-electron chi connectivity index (χ2n) is 2.80. The second-order valence-corrected chi connectivity index (χ2v) is 3.18. The van der Waals surface area contributed by atoms with Crippen molar-refractivity contribution in [2.45, 2.75) is 25.5 Å². The first-order chi connectivity index (χ1) is 4.77. The maximum atomic E-state index is 5.56. The molecule has 0 radical (unpaired) electrons. The molecule has 0 aromatic carbocycles. The molecule has 0 aromatic rings. The summed E-state index contributed by atoms with van der Waals surface area (Å²) < 4.78 is 5.47. The van der Waals surface area contributed by atoms with E-state index in [4.69, 9.17) is 16.3 Å². The number of ether oxygens (including phenoxy) is 1. The van der Waals surface area contributed by atoms with E-state index in [0.29, 0.717) is 0 Å². The molecule has 1 rings (SSSR count). The zero-order valence-electron chi connectivity index (χ0n) is 6.32. The number of hydrogen-bond donors (Lipinski definition) is 1. The van der Waals surface area contributed by atoms with E-state index < -0.39 is 0 Å². The topological polar surface area (TPSA) is 21.3 Å². The van der Waals surface area contributed by atoms with Crippen molar-refractivity contribution in [3.05, 3.63) is 0 Å². The fraction of sp³-hybridized carbons (Fsp3) is 1.00. The molecule has 10 heavy (non-hydrogen) atoms. The minimum atomic E-state index is -0.0884. The standard InChI is InChI=1S/C7H14ClNO/c1-7(3-2-4-8)9-5-6-10-7/h9H,2-6H2,1H3. The zero-order valence-corrected chi connectivity index (χ0v) is 7.08. The Morgan fingerprint density at radius 1 is 1.70 bits per heavy atom. The SMILES string of the molecule is CC1(CCCCl)NCCO1. The van der Waals surface area contributed by atoms with Crippen LogP contribution in [0.15, 0.2) is 0 Å². The van der Waals surface area contributed by atoms with Crippen LogP contribution in [-0.2, 0) is 4.74 Å². The van der Waals surface area contributed by atoms with E-state index in [1.807, 2.05) is 0 Å². The van der Waals surface area contributed by atoms with Crippen molar-refractivity contribution in [3.63, 3.8) is 0 Å². The average Bonchev–Trinajstić information content (AvgIpc) is 2.33. The summed E-state index contributed by atoms with van der Waals surface area (Å²) in [5.74, 6) is 0.723. The Morgan fingerprint density at radius 2 is 2.50 bits per heavy atom. The van der Waals surface area contributed by atoms with E-state index in [-0.39, 0.29) is 5.72 Å². The average molecular weight is 164 g/mol. The summed E-state index contributed by atoms with van der Waals surface area (Å²) in [6, 6.07) is 0. The van der Waals surface area contributed by atoms with E-state index in [0.717, 1.165) is 31.9 Å². The van der Waals surface area contributed by atoms with Crippen LogP contribution in [0.1, 0.15) is 19.8 Å². The third kappa shape index (κ3) is 2.11. The maximum absolute atomic E-state index is 5.56. The summed E-state index contributed by atoms with van der Waals surface area (Å²) in [7, 11) is 0. The van der Waals surface area contributed by atoms with Crippen LogP contribution in [0.25, 0.3) is 0 Å². The highest BCUT2D eigenvalue weighted by molar-refractivity contribution is 6.17. The smallest absolute Gasteiger partial charge is 0.116 e. The van der Waals surface area contributed by atoms with Crippen LogP contribution in [0.5, 0.6) is 0 Å². The minimum absolute atomic E-state index is 0.0884. The van der Waals surface area contributed by atoms with Crippen LogP contribution in [-0.4, -0.2) is 24.8 Å². The number of nitrogens with one attached hydrogen (secondary N) is 1. The molecule has 0 amide bonds. The van der Waals surface area contributed by atoms with E-state index in [9.17, 15) is 0 Å². The largest absolute Gasteiger partial charge is 0.360 e. The second kappa shape index (κ2) is 3.56. The molecular formula is C7H14ClNO. The highest BCUT2D eigenvalue weighted by Crippen LogP contribution is 2.17. The van der Waals surface area contributed by atoms with Crippen molar-refractivity contribution in [2.24, 2.45) is 0 Å². The molecule has 0 saturated carbocycles. The van der Waals surface area contributed by atoms with Crippen molar-refractivity contribution in [3.8, 4) is 0 Å². The van der Waals surface area contributed by atoms with Gasteiger partial charge < -0.3 is 4.74 Å². The van der Waals surface area contributed by atoms with Crippen LogP contribution in [0, 0.1) is 0 Å². The van der Waals surface area contributed by atoms with Gasteiger partial charge in [-0.05, 0) is 19.8 Å². The molecule has 1 aliphatic heterocycles. The Kier molecular flexibility index (Phi) is 2.96. The number of rotatable bonds is 3. The summed E-state index contributed by atoms with van der Waals surface area (Å²) in [4.78, 5) is 0. The molecule has 1 N–H and O–H groups in total. The molecule has 0 spiro atoms. The lowest BCUT2D eigenvalue weighted by Crippen LogP contribution is -2.37. The maximum Gasteiger partial charge on any atom is 0.116 e. The lowest BCUT2D eigenvalue weighted by atomic mass is 10.1. The molecule has 1 saturated heterocycles. The van der Waals surface area contributed by atoms with E-state index >= 15 is 0 Å². The lowest BCUT2D eigenvalue weighted by molar-refractivity contribution is -0.000855. The molecule has 3 heteroatoms. The monoisotopic (exact) mass is 163 g/mol. The van der Waals surface area contributed by atoms with Crippen molar-refractivity contribution in [1.82, 2.24) is 5.32 Å². The molecular weight excluding hydrogens is 150 g/mol. The first kappa shape index (κ1) is 8.31. The third-order valence-corrected chi connectivity index (χ3v) is 2.08. The van der Waals surface area contributed by atoms with Gasteiger partial charge in [-0.25, -0.2) is 0 Å². The normalized spacial score (nSPS) is 33.0. The minimum Gasteiger partial charge on any atom is -0.360 e. The van der Waals surface area contributed by atoms with Gasteiger partial charge in [0.25, 0.3) is 0 Å². The first-order valence-electron chi connectivity index (χ1n) is 3.72. The van der Waals surface area contributed by atoms with Gasteiger partial charge in [0, 0.05) is 12.4 Å². The van der Waals surface area contributed by atoms with E-state index in [1.54, 1.807) is 0 Å². The number of halogens is 1. The van der Waals surface area contributed by atoms with Gasteiger partial charge >= 0.3 is 0 Å².